The van der Waals surface area contributed by atoms with Crippen LogP contribution in [0.25, 0.3) is 10.8 Å². The number of halogens is 2. The maximum atomic E-state index is 13.6. The minimum Gasteiger partial charge on any atom is -0.358 e. The Labute approximate surface area is 137 Å². The van der Waals surface area contributed by atoms with Crippen LogP contribution in [0.1, 0.15) is 26.7 Å². The van der Waals surface area contributed by atoms with Crippen LogP contribution >= 0.6 is 15.9 Å². The van der Waals surface area contributed by atoms with E-state index in [0.29, 0.717) is 15.3 Å². The van der Waals surface area contributed by atoms with Crippen LogP contribution in [0.4, 0.5) is 10.2 Å². The number of rotatable bonds is 1. The molecule has 0 saturated carbocycles. The molecule has 0 amide bonds. The second-order valence-corrected chi connectivity index (χ2v) is 7.72. The quantitative estimate of drug-likeness (QED) is 0.759. The van der Waals surface area contributed by atoms with Crippen LogP contribution in [-0.4, -0.2) is 17.7 Å². The van der Waals surface area contributed by atoms with E-state index in [1.807, 2.05) is 6.07 Å². The molecule has 3 nitrogen and oxygen atoms in total. The van der Waals surface area contributed by atoms with Gasteiger partial charge in [0.05, 0.1) is 5.39 Å². The molecule has 0 atom stereocenters. The maximum absolute atomic E-state index is 13.6. The monoisotopic (exact) mass is 366 g/mol. The number of benzene rings is 1. The second kappa shape index (κ2) is 5.37. The summed E-state index contributed by atoms with van der Waals surface area (Å²) < 4.78 is 15.8. The van der Waals surface area contributed by atoms with Gasteiger partial charge in [-0.15, -0.1) is 0 Å². The molecule has 0 bridgehead atoms. The van der Waals surface area contributed by atoms with Gasteiger partial charge >= 0.3 is 0 Å². The van der Waals surface area contributed by atoms with E-state index >= 15 is 0 Å². The molecule has 0 spiro atoms. The molecule has 1 aliphatic rings. The number of fused-ring (bicyclic) bond motifs is 1. The minimum absolute atomic E-state index is 0.155. The Morgan fingerprint density at radius 2 is 1.77 bits per heavy atom. The third-order valence-electron chi connectivity index (χ3n) is 4.69. The van der Waals surface area contributed by atoms with E-state index in [1.165, 1.54) is 12.1 Å². The summed E-state index contributed by atoms with van der Waals surface area (Å²) in [5.74, 6) is 0.504. The van der Waals surface area contributed by atoms with E-state index in [0.717, 1.165) is 37.1 Å². The van der Waals surface area contributed by atoms with E-state index < -0.39 is 5.82 Å². The molecule has 1 saturated heterocycles. The lowest BCUT2D eigenvalue weighted by molar-refractivity contribution is 0.278. The zero-order chi connectivity index (χ0) is 16.1. The minimum atomic E-state index is -0.399. The van der Waals surface area contributed by atoms with Crippen molar-refractivity contribution < 1.29 is 4.39 Å². The first-order chi connectivity index (χ1) is 10.3. The lowest BCUT2D eigenvalue weighted by atomic mass is 9.83. The standard InChI is InChI=1S/C17H20BrFN2O/c1-17(2)4-6-21(7-5-17)15-10-12-13(16(22)20(15)3)8-11(19)9-14(12)18/h8-10H,4-7H2,1-3H3. The smallest absolute Gasteiger partial charge is 0.259 e. The highest BCUT2D eigenvalue weighted by molar-refractivity contribution is 9.10. The average Bonchev–Trinajstić information content (AvgIpc) is 2.44. The lowest BCUT2D eigenvalue weighted by Crippen LogP contribution is -2.40. The third-order valence-corrected chi connectivity index (χ3v) is 5.34. The average molecular weight is 367 g/mol. The van der Waals surface area contributed by atoms with Gasteiger partial charge in [-0.25, -0.2) is 4.39 Å². The first-order valence-corrected chi connectivity index (χ1v) is 8.31. The molecule has 1 aromatic heterocycles. The van der Waals surface area contributed by atoms with Gasteiger partial charge in [-0.3, -0.25) is 9.36 Å². The van der Waals surface area contributed by atoms with Gasteiger partial charge < -0.3 is 4.90 Å². The topological polar surface area (TPSA) is 25.2 Å². The molecule has 0 unspecified atom stereocenters. The van der Waals surface area contributed by atoms with Crippen molar-refractivity contribution in [3.05, 3.63) is 38.8 Å². The zero-order valence-electron chi connectivity index (χ0n) is 13.1. The van der Waals surface area contributed by atoms with Gasteiger partial charge in [0, 0.05) is 30.0 Å². The normalized spacial score (nSPS) is 18.0. The van der Waals surface area contributed by atoms with Crippen molar-refractivity contribution in [2.75, 3.05) is 18.0 Å². The molecule has 1 aromatic carbocycles. The SMILES string of the molecule is Cn1c(N2CCC(C)(C)CC2)cc2c(Br)cc(F)cc2c1=O. The highest BCUT2D eigenvalue weighted by atomic mass is 79.9. The van der Waals surface area contributed by atoms with Gasteiger partial charge in [0.1, 0.15) is 11.6 Å². The summed E-state index contributed by atoms with van der Waals surface area (Å²) >= 11 is 3.38. The number of piperidine rings is 1. The molecule has 0 N–H and O–H groups in total. The number of nitrogens with zero attached hydrogens (tertiary/aromatic N) is 2. The highest BCUT2D eigenvalue weighted by Gasteiger charge is 2.27. The van der Waals surface area contributed by atoms with Gasteiger partial charge in [-0.1, -0.05) is 29.8 Å². The number of hydrogen-bond acceptors (Lipinski definition) is 2. The van der Waals surface area contributed by atoms with Crippen molar-refractivity contribution in [2.24, 2.45) is 12.5 Å². The molecule has 2 heterocycles. The van der Waals surface area contributed by atoms with E-state index in [4.69, 9.17) is 0 Å². The van der Waals surface area contributed by atoms with Crippen molar-refractivity contribution in [1.82, 2.24) is 4.57 Å². The number of aromatic nitrogens is 1. The summed E-state index contributed by atoms with van der Waals surface area (Å²) in [5, 5.41) is 1.18. The Hall–Kier alpha value is -1.36. The molecule has 1 fully saturated rings. The van der Waals surface area contributed by atoms with E-state index in [2.05, 4.69) is 34.7 Å². The lowest BCUT2D eigenvalue weighted by Gasteiger charge is -2.38. The first-order valence-electron chi connectivity index (χ1n) is 7.52. The van der Waals surface area contributed by atoms with Crippen molar-refractivity contribution in [2.45, 2.75) is 26.7 Å². The van der Waals surface area contributed by atoms with Crippen molar-refractivity contribution in [1.29, 1.82) is 0 Å². The molecule has 22 heavy (non-hydrogen) atoms. The summed E-state index contributed by atoms with van der Waals surface area (Å²) in [6.07, 6.45) is 2.20. The predicted octanol–water partition coefficient (Wildman–Crippen LogP) is 4.07. The molecule has 2 aromatic rings. The van der Waals surface area contributed by atoms with Gasteiger partial charge in [0.25, 0.3) is 5.56 Å². The maximum Gasteiger partial charge on any atom is 0.259 e. The van der Waals surface area contributed by atoms with Crippen LogP contribution in [-0.2, 0) is 7.05 Å². The Bertz CT molecular complexity index is 787. The predicted molar refractivity (Wildman–Crippen MR) is 92.1 cm³/mol. The molecular formula is C17H20BrFN2O. The van der Waals surface area contributed by atoms with Crippen LogP contribution in [0.15, 0.2) is 27.5 Å². The van der Waals surface area contributed by atoms with Crippen molar-refractivity contribution >= 4 is 32.5 Å². The largest absolute Gasteiger partial charge is 0.358 e. The fourth-order valence-electron chi connectivity index (χ4n) is 3.06. The fraction of sp³-hybridized carbons (Fsp3) is 0.471. The highest BCUT2D eigenvalue weighted by Crippen LogP contribution is 2.33. The molecule has 1 aliphatic heterocycles. The van der Waals surface area contributed by atoms with Gasteiger partial charge in [0.2, 0.25) is 0 Å². The summed E-state index contributed by atoms with van der Waals surface area (Å²) in [5.41, 5.74) is 0.202. The summed E-state index contributed by atoms with van der Waals surface area (Å²) in [7, 11) is 1.76. The second-order valence-electron chi connectivity index (χ2n) is 6.87. The molecule has 0 aliphatic carbocycles. The summed E-state index contributed by atoms with van der Waals surface area (Å²) in [6.45, 7) is 6.43. The molecule has 3 rings (SSSR count). The summed E-state index contributed by atoms with van der Waals surface area (Å²) in [6, 6.07) is 4.70. The van der Waals surface area contributed by atoms with Crippen LogP contribution in [0, 0.1) is 11.2 Å². The Morgan fingerprint density at radius 1 is 1.14 bits per heavy atom. The van der Waals surface area contributed by atoms with Crippen molar-refractivity contribution in [3.63, 3.8) is 0 Å². The molecule has 5 heteroatoms. The number of anilines is 1. The van der Waals surface area contributed by atoms with Crippen LogP contribution in [0.2, 0.25) is 0 Å². The van der Waals surface area contributed by atoms with Gasteiger partial charge in [-0.05, 0) is 36.5 Å². The Balaban J connectivity index is 2.12. The van der Waals surface area contributed by atoms with Crippen LogP contribution in [0.3, 0.4) is 0 Å². The van der Waals surface area contributed by atoms with Crippen molar-refractivity contribution in [3.8, 4) is 0 Å². The first kappa shape index (κ1) is 15.5. The van der Waals surface area contributed by atoms with E-state index in [9.17, 15) is 9.18 Å². The Kier molecular flexibility index (Phi) is 3.79. The van der Waals surface area contributed by atoms with Gasteiger partial charge in [0.15, 0.2) is 0 Å². The molecule has 0 radical (unpaired) electrons. The fourth-order valence-corrected chi connectivity index (χ4v) is 3.61. The Morgan fingerprint density at radius 3 is 2.41 bits per heavy atom. The summed E-state index contributed by atoms with van der Waals surface area (Å²) in [4.78, 5) is 14.8. The number of hydrogen-bond donors (Lipinski definition) is 0. The molecular weight excluding hydrogens is 347 g/mol. The van der Waals surface area contributed by atoms with Gasteiger partial charge in [-0.2, -0.15) is 0 Å². The third kappa shape index (κ3) is 2.67. The molecule has 118 valence electrons. The van der Waals surface area contributed by atoms with Crippen LogP contribution < -0.4 is 10.5 Å². The van der Waals surface area contributed by atoms with E-state index in [-0.39, 0.29) is 5.56 Å². The zero-order valence-corrected chi connectivity index (χ0v) is 14.7. The number of pyridine rings is 1. The van der Waals surface area contributed by atoms with Crippen LogP contribution in [0.5, 0.6) is 0 Å². The van der Waals surface area contributed by atoms with E-state index in [1.54, 1.807) is 11.6 Å².